The summed E-state index contributed by atoms with van der Waals surface area (Å²) in [4.78, 5) is 0. The number of aromatic nitrogens is 1. The van der Waals surface area contributed by atoms with Crippen LogP contribution in [0.15, 0.2) is 18.5 Å². The van der Waals surface area contributed by atoms with Crippen LogP contribution in [0.4, 0.5) is 0 Å². The van der Waals surface area contributed by atoms with Gasteiger partial charge >= 0.3 is 0 Å². The van der Waals surface area contributed by atoms with Gasteiger partial charge < -0.3 is 9.88 Å². The van der Waals surface area contributed by atoms with Gasteiger partial charge in [0.1, 0.15) is 0 Å². The number of nitrogens with zero attached hydrogens (tertiary/aromatic N) is 1. The Kier molecular flexibility index (Phi) is 3.15. The predicted octanol–water partition coefficient (Wildman–Crippen LogP) is 2.55. The zero-order valence-electron chi connectivity index (χ0n) is 10.0. The van der Waals surface area contributed by atoms with Gasteiger partial charge in [-0.2, -0.15) is 0 Å². The quantitative estimate of drug-likeness (QED) is 0.783. The molecule has 0 aliphatic heterocycles. The topological polar surface area (TPSA) is 17.0 Å². The van der Waals surface area contributed by atoms with Gasteiger partial charge in [-0.1, -0.05) is 13.8 Å². The van der Waals surface area contributed by atoms with E-state index < -0.39 is 0 Å². The molecule has 1 aliphatic rings. The van der Waals surface area contributed by atoms with Crippen LogP contribution in [-0.2, 0) is 13.6 Å². The largest absolute Gasteiger partial charge is 0.357 e. The Hall–Kier alpha value is -0.760. The van der Waals surface area contributed by atoms with E-state index in [9.17, 15) is 0 Å². The van der Waals surface area contributed by atoms with Crippen LogP contribution in [0.3, 0.4) is 0 Å². The molecule has 1 aromatic heterocycles. The monoisotopic (exact) mass is 206 g/mol. The molecule has 1 unspecified atom stereocenters. The molecule has 2 nitrogen and oxygen atoms in total. The van der Waals surface area contributed by atoms with E-state index in [2.05, 4.69) is 49.2 Å². The Morgan fingerprint density at radius 3 is 2.67 bits per heavy atom. The Balaban J connectivity index is 1.85. The summed E-state index contributed by atoms with van der Waals surface area (Å²) in [6.45, 7) is 5.65. The summed E-state index contributed by atoms with van der Waals surface area (Å²) in [7, 11) is 2.07. The second-order valence-corrected chi connectivity index (χ2v) is 5.17. The van der Waals surface area contributed by atoms with E-state index in [1.807, 2.05) is 0 Å². The van der Waals surface area contributed by atoms with E-state index in [1.54, 1.807) is 0 Å². The molecule has 1 N–H and O–H groups in total. The molecule has 1 aromatic rings. The zero-order chi connectivity index (χ0) is 10.8. The number of hydrogen-bond acceptors (Lipinski definition) is 1. The maximum atomic E-state index is 3.70. The molecule has 0 radical (unpaired) electrons. The van der Waals surface area contributed by atoms with Crippen LogP contribution in [0.1, 0.15) is 32.3 Å². The van der Waals surface area contributed by atoms with E-state index in [4.69, 9.17) is 0 Å². The summed E-state index contributed by atoms with van der Waals surface area (Å²) in [6.07, 6.45) is 7.14. The van der Waals surface area contributed by atoms with E-state index in [0.29, 0.717) is 6.04 Å². The van der Waals surface area contributed by atoms with E-state index in [-0.39, 0.29) is 0 Å². The van der Waals surface area contributed by atoms with Gasteiger partial charge in [-0.25, -0.2) is 0 Å². The van der Waals surface area contributed by atoms with Crippen molar-refractivity contribution in [2.45, 2.75) is 39.3 Å². The molecule has 0 amide bonds. The lowest BCUT2D eigenvalue weighted by Gasteiger charge is -2.21. The van der Waals surface area contributed by atoms with Crippen molar-refractivity contribution in [1.29, 1.82) is 0 Å². The lowest BCUT2D eigenvalue weighted by Crippen LogP contribution is -2.35. The molecule has 1 heterocycles. The average Bonchev–Trinajstić information content (AvgIpc) is 2.90. The molecular weight excluding hydrogens is 184 g/mol. The van der Waals surface area contributed by atoms with Crippen LogP contribution in [0, 0.1) is 11.8 Å². The van der Waals surface area contributed by atoms with Crippen molar-refractivity contribution >= 4 is 0 Å². The van der Waals surface area contributed by atoms with Crippen molar-refractivity contribution in [3.05, 3.63) is 24.0 Å². The van der Waals surface area contributed by atoms with Crippen LogP contribution >= 0.6 is 0 Å². The Labute approximate surface area is 92.7 Å². The number of rotatable bonds is 5. The van der Waals surface area contributed by atoms with Gasteiger partial charge in [0, 0.05) is 32.0 Å². The lowest BCUT2D eigenvalue weighted by molar-refractivity contribution is 0.359. The molecule has 84 valence electrons. The first kappa shape index (κ1) is 10.7. The van der Waals surface area contributed by atoms with Crippen LogP contribution in [-0.4, -0.2) is 10.6 Å². The van der Waals surface area contributed by atoms with Crippen LogP contribution in [0.25, 0.3) is 0 Å². The Bertz CT molecular complexity index is 308. The highest BCUT2D eigenvalue weighted by Gasteiger charge is 2.32. The molecule has 0 spiro atoms. The minimum absolute atomic E-state index is 0.713. The molecular formula is C13H22N2. The van der Waals surface area contributed by atoms with Crippen molar-refractivity contribution < 1.29 is 0 Å². The van der Waals surface area contributed by atoms with Crippen molar-refractivity contribution in [2.75, 3.05) is 0 Å². The van der Waals surface area contributed by atoms with Crippen molar-refractivity contribution in [3.63, 3.8) is 0 Å². The number of nitrogens with one attached hydrogen (secondary N) is 1. The molecule has 2 rings (SSSR count). The molecule has 1 aliphatic carbocycles. The fourth-order valence-corrected chi connectivity index (χ4v) is 2.30. The van der Waals surface area contributed by atoms with Gasteiger partial charge in [0.25, 0.3) is 0 Å². The van der Waals surface area contributed by atoms with E-state index >= 15 is 0 Å². The van der Waals surface area contributed by atoms with Crippen LogP contribution in [0.5, 0.6) is 0 Å². The zero-order valence-corrected chi connectivity index (χ0v) is 10.0. The average molecular weight is 206 g/mol. The van der Waals surface area contributed by atoms with Gasteiger partial charge in [-0.3, -0.25) is 0 Å². The molecule has 0 bridgehead atoms. The molecule has 1 saturated carbocycles. The van der Waals surface area contributed by atoms with Gasteiger partial charge in [0.2, 0.25) is 0 Å². The number of hydrogen-bond donors (Lipinski definition) is 1. The minimum atomic E-state index is 0.713. The molecule has 2 heteroatoms. The van der Waals surface area contributed by atoms with Crippen molar-refractivity contribution in [3.8, 4) is 0 Å². The Morgan fingerprint density at radius 2 is 2.20 bits per heavy atom. The molecule has 0 saturated heterocycles. The Morgan fingerprint density at radius 1 is 1.47 bits per heavy atom. The highest BCUT2D eigenvalue weighted by Crippen LogP contribution is 2.35. The summed E-state index contributed by atoms with van der Waals surface area (Å²) in [6, 6.07) is 2.90. The maximum absolute atomic E-state index is 3.70. The van der Waals surface area contributed by atoms with E-state index in [1.165, 1.54) is 18.4 Å². The summed E-state index contributed by atoms with van der Waals surface area (Å²) < 4.78 is 2.11. The van der Waals surface area contributed by atoms with Gasteiger partial charge in [0.05, 0.1) is 0 Å². The van der Waals surface area contributed by atoms with Gasteiger partial charge in [-0.15, -0.1) is 0 Å². The highest BCUT2D eigenvalue weighted by molar-refractivity contribution is 5.09. The molecule has 1 fully saturated rings. The summed E-state index contributed by atoms with van der Waals surface area (Å²) >= 11 is 0. The first-order valence-electron chi connectivity index (χ1n) is 6.01. The normalized spacial score (nSPS) is 18.4. The second-order valence-electron chi connectivity index (χ2n) is 5.17. The molecule has 15 heavy (non-hydrogen) atoms. The summed E-state index contributed by atoms with van der Waals surface area (Å²) in [5.74, 6) is 1.69. The first-order chi connectivity index (χ1) is 7.16. The third-order valence-corrected chi connectivity index (χ3v) is 3.28. The third-order valence-electron chi connectivity index (χ3n) is 3.28. The standard InChI is InChI=1S/C13H22N2/c1-10(2)13(12-4-5-12)14-8-11-6-7-15(3)9-11/h6-7,9-10,12-14H,4-5,8H2,1-3H3. The predicted molar refractivity (Wildman–Crippen MR) is 63.6 cm³/mol. The maximum Gasteiger partial charge on any atom is 0.0223 e. The minimum Gasteiger partial charge on any atom is -0.357 e. The first-order valence-corrected chi connectivity index (χ1v) is 6.01. The fourth-order valence-electron chi connectivity index (χ4n) is 2.30. The summed E-state index contributed by atoms with van der Waals surface area (Å²) in [5, 5.41) is 3.70. The van der Waals surface area contributed by atoms with Crippen molar-refractivity contribution in [1.82, 2.24) is 9.88 Å². The van der Waals surface area contributed by atoms with E-state index in [0.717, 1.165) is 18.4 Å². The smallest absolute Gasteiger partial charge is 0.0223 e. The third kappa shape index (κ3) is 2.85. The molecule has 0 aromatic carbocycles. The lowest BCUT2D eigenvalue weighted by atomic mass is 9.99. The van der Waals surface area contributed by atoms with Crippen molar-refractivity contribution in [2.24, 2.45) is 18.9 Å². The molecule has 1 atom stereocenters. The second kappa shape index (κ2) is 4.40. The SMILES string of the molecule is CC(C)C(NCc1ccn(C)c1)C1CC1. The fraction of sp³-hybridized carbons (Fsp3) is 0.692. The van der Waals surface area contributed by atoms with Gasteiger partial charge in [-0.05, 0) is 36.3 Å². The van der Waals surface area contributed by atoms with Crippen LogP contribution < -0.4 is 5.32 Å². The van der Waals surface area contributed by atoms with Gasteiger partial charge in [0.15, 0.2) is 0 Å². The van der Waals surface area contributed by atoms with Crippen LogP contribution in [0.2, 0.25) is 0 Å². The summed E-state index contributed by atoms with van der Waals surface area (Å²) in [5.41, 5.74) is 1.39. The highest BCUT2D eigenvalue weighted by atomic mass is 14.9. The number of aryl methyl sites for hydroxylation is 1.